The largest absolute Gasteiger partial charge is 0.361 e. The first-order valence-corrected chi connectivity index (χ1v) is 5.28. The highest BCUT2D eigenvalue weighted by atomic mass is 15.3. The van der Waals surface area contributed by atoms with Gasteiger partial charge in [-0.2, -0.15) is 5.10 Å². The molecule has 0 spiro atoms. The van der Waals surface area contributed by atoms with Crippen LogP contribution in [0.25, 0.3) is 10.9 Å². The third-order valence-electron chi connectivity index (χ3n) is 2.49. The van der Waals surface area contributed by atoms with Crippen molar-refractivity contribution < 1.29 is 0 Å². The van der Waals surface area contributed by atoms with Crippen molar-refractivity contribution in [1.29, 1.82) is 0 Å². The van der Waals surface area contributed by atoms with Crippen molar-refractivity contribution in [3.8, 4) is 0 Å². The van der Waals surface area contributed by atoms with Crippen LogP contribution in [0.2, 0.25) is 0 Å². The molecule has 1 aromatic carbocycles. The van der Waals surface area contributed by atoms with Gasteiger partial charge in [-0.15, -0.1) is 0 Å². The topological polar surface area (TPSA) is 68.9 Å². The van der Waals surface area contributed by atoms with Gasteiger partial charge in [0.25, 0.3) is 0 Å². The molecule has 0 aliphatic carbocycles. The average molecular weight is 225 g/mol. The Kier molecular flexibility index (Phi) is 2.34. The number of benzene rings is 1. The monoisotopic (exact) mass is 225 g/mol. The number of hydrogen-bond donors (Lipinski definition) is 3. The molecule has 0 aliphatic heterocycles. The van der Waals surface area contributed by atoms with Crippen LogP contribution in [0.15, 0.2) is 48.0 Å². The fourth-order valence-corrected chi connectivity index (χ4v) is 1.69. The molecule has 0 saturated heterocycles. The molecule has 2 aromatic heterocycles. The summed E-state index contributed by atoms with van der Waals surface area (Å²) >= 11 is 0. The summed E-state index contributed by atoms with van der Waals surface area (Å²) in [5.74, 6) is 0.626. The minimum atomic E-state index is 0.626. The molecule has 0 amide bonds. The molecule has 84 valence electrons. The van der Waals surface area contributed by atoms with Gasteiger partial charge in [-0.1, -0.05) is 18.2 Å². The van der Waals surface area contributed by atoms with Crippen molar-refractivity contribution in [3.05, 3.63) is 48.4 Å². The molecule has 17 heavy (non-hydrogen) atoms. The highest BCUT2D eigenvalue weighted by Crippen LogP contribution is 2.15. The molecule has 0 unspecified atom stereocenters. The molecule has 3 N–H and O–H groups in total. The van der Waals surface area contributed by atoms with Gasteiger partial charge in [-0.3, -0.25) is 0 Å². The lowest BCUT2D eigenvalue weighted by Crippen LogP contribution is -1.91. The van der Waals surface area contributed by atoms with Crippen LogP contribution in [-0.4, -0.2) is 21.2 Å². The van der Waals surface area contributed by atoms with Crippen molar-refractivity contribution in [2.75, 3.05) is 5.43 Å². The van der Waals surface area contributed by atoms with Crippen molar-refractivity contribution >= 4 is 23.1 Å². The first-order valence-electron chi connectivity index (χ1n) is 5.28. The van der Waals surface area contributed by atoms with E-state index < -0.39 is 0 Å². The number of hydrogen-bond acceptors (Lipinski definition) is 3. The summed E-state index contributed by atoms with van der Waals surface area (Å²) < 4.78 is 0. The zero-order chi connectivity index (χ0) is 11.5. The number of aromatic nitrogens is 3. The second-order valence-electron chi connectivity index (χ2n) is 3.60. The fraction of sp³-hybridized carbons (Fsp3) is 0. The predicted octanol–water partition coefficient (Wildman–Crippen LogP) is 2.34. The number of imidazole rings is 1. The normalized spacial score (nSPS) is 11.3. The maximum Gasteiger partial charge on any atom is 0.220 e. The van der Waals surface area contributed by atoms with Crippen LogP contribution in [0, 0.1) is 0 Å². The second kappa shape index (κ2) is 4.13. The molecule has 0 aliphatic rings. The van der Waals surface area contributed by atoms with Crippen LogP contribution in [0.1, 0.15) is 5.56 Å². The lowest BCUT2D eigenvalue weighted by molar-refractivity contribution is 1.20. The summed E-state index contributed by atoms with van der Waals surface area (Å²) in [4.78, 5) is 10.1. The highest BCUT2D eigenvalue weighted by molar-refractivity contribution is 5.99. The van der Waals surface area contributed by atoms with Gasteiger partial charge in [0.2, 0.25) is 5.95 Å². The summed E-state index contributed by atoms with van der Waals surface area (Å²) in [5.41, 5.74) is 4.96. The number of para-hydroxylation sites is 1. The number of rotatable bonds is 3. The smallest absolute Gasteiger partial charge is 0.220 e. The summed E-state index contributed by atoms with van der Waals surface area (Å²) in [6.07, 6.45) is 7.10. The van der Waals surface area contributed by atoms with E-state index in [0.717, 1.165) is 16.5 Å². The van der Waals surface area contributed by atoms with E-state index >= 15 is 0 Å². The zero-order valence-electron chi connectivity index (χ0n) is 9.01. The summed E-state index contributed by atoms with van der Waals surface area (Å²) in [5, 5.41) is 5.27. The minimum absolute atomic E-state index is 0.626. The second-order valence-corrected chi connectivity index (χ2v) is 3.60. The Hall–Kier alpha value is -2.56. The molecule has 5 heteroatoms. The number of fused-ring (bicyclic) bond motifs is 1. The molecule has 0 atom stereocenters. The molecular weight excluding hydrogens is 214 g/mol. The third kappa shape index (κ3) is 1.90. The molecule has 2 heterocycles. The maximum atomic E-state index is 4.12. The van der Waals surface area contributed by atoms with Crippen LogP contribution >= 0.6 is 0 Å². The molecule has 0 radical (unpaired) electrons. The van der Waals surface area contributed by atoms with E-state index in [1.807, 2.05) is 24.4 Å². The van der Waals surface area contributed by atoms with Crippen LogP contribution in [0.3, 0.4) is 0 Å². The Balaban J connectivity index is 1.83. The molecule has 3 aromatic rings. The van der Waals surface area contributed by atoms with Crippen molar-refractivity contribution in [1.82, 2.24) is 15.0 Å². The standard InChI is InChI=1S/C12H11N5/c1-2-4-11-10(3-1)9(7-15-11)8-16-17-12-13-5-6-14-12/h1-8,15H,(H2,13,14,17)/b16-8+. The fourth-order valence-electron chi connectivity index (χ4n) is 1.69. The molecule has 5 nitrogen and oxygen atoms in total. The average Bonchev–Trinajstić information content (AvgIpc) is 2.99. The number of aromatic amines is 2. The number of hydrazone groups is 1. The Bertz CT molecular complexity index is 636. The molecule has 0 bridgehead atoms. The Labute approximate surface area is 97.6 Å². The quantitative estimate of drug-likeness (QED) is 0.473. The van der Waals surface area contributed by atoms with E-state index in [4.69, 9.17) is 0 Å². The minimum Gasteiger partial charge on any atom is -0.361 e. The van der Waals surface area contributed by atoms with Gasteiger partial charge >= 0.3 is 0 Å². The first kappa shape index (κ1) is 9.65. The first-order chi connectivity index (χ1) is 8.43. The summed E-state index contributed by atoms with van der Waals surface area (Å²) in [7, 11) is 0. The van der Waals surface area contributed by atoms with E-state index in [0.29, 0.717) is 5.95 Å². The predicted molar refractivity (Wildman–Crippen MR) is 68.1 cm³/mol. The number of nitrogens with zero attached hydrogens (tertiary/aromatic N) is 2. The van der Waals surface area contributed by atoms with Crippen molar-refractivity contribution in [3.63, 3.8) is 0 Å². The number of anilines is 1. The van der Waals surface area contributed by atoms with Crippen LogP contribution < -0.4 is 5.43 Å². The van der Waals surface area contributed by atoms with E-state index in [1.165, 1.54) is 0 Å². The SMILES string of the molecule is C(=N\Nc1ncc[nH]1)/c1c[nH]c2ccccc12. The van der Waals surface area contributed by atoms with Crippen LogP contribution in [-0.2, 0) is 0 Å². The van der Waals surface area contributed by atoms with E-state index in [-0.39, 0.29) is 0 Å². The third-order valence-corrected chi connectivity index (χ3v) is 2.49. The van der Waals surface area contributed by atoms with Crippen LogP contribution in [0.5, 0.6) is 0 Å². The molecule has 3 rings (SSSR count). The van der Waals surface area contributed by atoms with E-state index in [9.17, 15) is 0 Å². The highest BCUT2D eigenvalue weighted by Gasteiger charge is 1.99. The zero-order valence-corrected chi connectivity index (χ0v) is 9.01. The number of nitrogens with one attached hydrogen (secondary N) is 3. The van der Waals surface area contributed by atoms with Gasteiger partial charge in [0, 0.05) is 35.1 Å². The van der Waals surface area contributed by atoms with Crippen molar-refractivity contribution in [2.24, 2.45) is 5.10 Å². The van der Waals surface area contributed by atoms with Gasteiger partial charge < -0.3 is 9.97 Å². The Morgan fingerprint density at radius 3 is 3.06 bits per heavy atom. The van der Waals surface area contributed by atoms with Crippen LogP contribution in [0.4, 0.5) is 5.95 Å². The van der Waals surface area contributed by atoms with Gasteiger partial charge in [0.15, 0.2) is 0 Å². The Morgan fingerprint density at radius 2 is 2.18 bits per heavy atom. The van der Waals surface area contributed by atoms with Gasteiger partial charge in [0.1, 0.15) is 0 Å². The summed E-state index contributed by atoms with van der Waals surface area (Å²) in [6.45, 7) is 0. The number of H-pyrrole nitrogens is 2. The lowest BCUT2D eigenvalue weighted by Gasteiger charge is -1.93. The maximum absolute atomic E-state index is 4.12. The van der Waals surface area contributed by atoms with Gasteiger partial charge in [-0.25, -0.2) is 10.4 Å². The molecular formula is C12H11N5. The lowest BCUT2D eigenvalue weighted by atomic mass is 10.2. The van der Waals surface area contributed by atoms with E-state index in [2.05, 4.69) is 31.5 Å². The Morgan fingerprint density at radius 1 is 1.24 bits per heavy atom. The molecule has 0 saturated carbocycles. The summed E-state index contributed by atoms with van der Waals surface area (Å²) in [6, 6.07) is 8.10. The van der Waals surface area contributed by atoms with Crippen molar-refractivity contribution in [2.45, 2.75) is 0 Å². The van der Waals surface area contributed by atoms with E-state index in [1.54, 1.807) is 18.6 Å². The molecule has 0 fully saturated rings. The van der Waals surface area contributed by atoms with Gasteiger partial charge in [0.05, 0.1) is 6.21 Å². The van der Waals surface area contributed by atoms with Gasteiger partial charge in [-0.05, 0) is 6.07 Å².